The van der Waals surface area contributed by atoms with E-state index in [4.69, 9.17) is 12.2 Å². The quantitative estimate of drug-likeness (QED) is 0.703. The predicted octanol–water partition coefficient (Wildman–Crippen LogP) is 1.79. The second-order valence-corrected chi connectivity index (χ2v) is 5.01. The number of hydrogen-bond donors (Lipinski definition) is 1. The standard InChI is InChI=1S/C11H21FN2S/c1-9(2)14(6-4-12)5-3-10-7-11(15)8-13-10/h9-10,13H,3-8H2,1-2H3. The van der Waals surface area contributed by atoms with Crippen molar-refractivity contribution in [2.24, 2.45) is 0 Å². The van der Waals surface area contributed by atoms with E-state index >= 15 is 0 Å². The molecule has 1 aliphatic heterocycles. The van der Waals surface area contributed by atoms with Gasteiger partial charge in [0.2, 0.25) is 0 Å². The predicted molar refractivity (Wildman–Crippen MR) is 66.3 cm³/mol. The molecule has 1 N–H and O–H groups in total. The summed E-state index contributed by atoms with van der Waals surface area (Å²) in [5.74, 6) is 0. The molecule has 15 heavy (non-hydrogen) atoms. The van der Waals surface area contributed by atoms with Crippen LogP contribution in [-0.4, -0.2) is 48.2 Å². The third kappa shape index (κ3) is 4.53. The van der Waals surface area contributed by atoms with E-state index in [-0.39, 0.29) is 6.67 Å². The van der Waals surface area contributed by atoms with Gasteiger partial charge in [0, 0.05) is 30.0 Å². The van der Waals surface area contributed by atoms with Crippen LogP contribution in [0.25, 0.3) is 0 Å². The Kier molecular flexibility index (Phi) is 5.64. The van der Waals surface area contributed by atoms with Gasteiger partial charge in [-0.3, -0.25) is 4.90 Å². The van der Waals surface area contributed by atoms with Crippen LogP contribution in [0.2, 0.25) is 0 Å². The maximum Gasteiger partial charge on any atom is 0.102 e. The van der Waals surface area contributed by atoms with Crippen molar-refractivity contribution in [3.63, 3.8) is 0 Å². The van der Waals surface area contributed by atoms with Gasteiger partial charge in [-0.15, -0.1) is 0 Å². The van der Waals surface area contributed by atoms with Crippen LogP contribution in [0.15, 0.2) is 0 Å². The Balaban J connectivity index is 2.24. The highest BCUT2D eigenvalue weighted by molar-refractivity contribution is 7.80. The van der Waals surface area contributed by atoms with Crippen LogP contribution < -0.4 is 5.32 Å². The molecule has 1 rings (SSSR count). The molecular formula is C11H21FN2S. The Bertz CT molecular complexity index is 209. The second kappa shape index (κ2) is 6.51. The van der Waals surface area contributed by atoms with Gasteiger partial charge in [0.25, 0.3) is 0 Å². The molecule has 0 amide bonds. The van der Waals surface area contributed by atoms with Gasteiger partial charge >= 0.3 is 0 Å². The molecule has 1 saturated heterocycles. The molecule has 0 spiro atoms. The molecule has 0 aromatic rings. The number of alkyl halides is 1. The molecule has 4 heteroatoms. The highest BCUT2D eigenvalue weighted by Crippen LogP contribution is 2.09. The number of hydrogen-bond acceptors (Lipinski definition) is 3. The first-order chi connectivity index (χ1) is 7.13. The van der Waals surface area contributed by atoms with Crippen molar-refractivity contribution < 1.29 is 4.39 Å². The van der Waals surface area contributed by atoms with Crippen LogP contribution in [0.1, 0.15) is 26.7 Å². The van der Waals surface area contributed by atoms with E-state index in [1.54, 1.807) is 0 Å². The normalized spacial score (nSPS) is 21.9. The molecule has 0 aliphatic carbocycles. The summed E-state index contributed by atoms with van der Waals surface area (Å²) in [6, 6.07) is 0.937. The zero-order valence-electron chi connectivity index (χ0n) is 9.63. The van der Waals surface area contributed by atoms with Crippen LogP contribution in [-0.2, 0) is 0 Å². The molecule has 0 aromatic heterocycles. The average molecular weight is 232 g/mol. The van der Waals surface area contributed by atoms with Crippen molar-refractivity contribution in [2.45, 2.75) is 38.8 Å². The van der Waals surface area contributed by atoms with Crippen LogP contribution in [0.5, 0.6) is 0 Å². The van der Waals surface area contributed by atoms with E-state index in [0.717, 1.165) is 30.8 Å². The van der Waals surface area contributed by atoms with E-state index in [2.05, 4.69) is 24.1 Å². The number of nitrogens with one attached hydrogen (secondary N) is 1. The Morgan fingerprint density at radius 1 is 1.53 bits per heavy atom. The third-order valence-corrected chi connectivity index (χ3v) is 3.24. The summed E-state index contributed by atoms with van der Waals surface area (Å²) >= 11 is 5.14. The van der Waals surface area contributed by atoms with E-state index in [0.29, 0.717) is 18.6 Å². The fourth-order valence-electron chi connectivity index (χ4n) is 1.94. The lowest BCUT2D eigenvalue weighted by molar-refractivity contribution is 0.195. The zero-order valence-corrected chi connectivity index (χ0v) is 10.4. The number of nitrogens with zero attached hydrogens (tertiary/aromatic N) is 1. The van der Waals surface area contributed by atoms with E-state index in [1.807, 2.05) is 0 Å². The molecule has 2 nitrogen and oxygen atoms in total. The van der Waals surface area contributed by atoms with Crippen molar-refractivity contribution in [3.8, 4) is 0 Å². The molecule has 1 heterocycles. The van der Waals surface area contributed by atoms with Gasteiger partial charge < -0.3 is 5.32 Å². The van der Waals surface area contributed by atoms with Gasteiger partial charge in [0.1, 0.15) is 6.67 Å². The summed E-state index contributed by atoms with van der Waals surface area (Å²) in [6.45, 7) is 6.36. The van der Waals surface area contributed by atoms with Crippen LogP contribution in [0.4, 0.5) is 4.39 Å². The molecule has 1 atom stereocenters. The Morgan fingerprint density at radius 2 is 2.27 bits per heavy atom. The van der Waals surface area contributed by atoms with Gasteiger partial charge in [0.05, 0.1) is 0 Å². The monoisotopic (exact) mass is 232 g/mol. The van der Waals surface area contributed by atoms with Crippen LogP contribution in [0.3, 0.4) is 0 Å². The smallest absolute Gasteiger partial charge is 0.102 e. The molecule has 88 valence electrons. The van der Waals surface area contributed by atoms with Crippen molar-refractivity contribution in [2.75, 3.05) is 26.3 Å². The van der Waals surface area contributed by atoms with Gasteiger partial charge in [-0.25, -0.2) is 4.39 Å². The van der Waals surface area contributed by atoms with Gasteiger partial charge in [0.15, 0.2) is 0 Å². The Hall–Kier alpha value is -0.0600. The van der Waals surface area contributed by atoms with Gasteiger partial charge in [-0.1, -0.05) is 12.2 Å². The number of halogens is 1. The molecule has 0 aromatic carbocycles. The maximum atomic E-state index is 12.3. The molecule has 1 unspecified atom stereocenters. The summed E-state index contributed by atoms with van der Waals surface area (Å²) in [4.78, 5) is 3.31. The van der Waals surface area contributed by atoms with Gasteiger partial charge in [-0.2, -0.15) is 0 Å². The largest absolute Gasteiger partial charge is 0.309 e. The van der Waals surface area contributed by atoms with Crippen LogP contribution >= 0.6 is 12.2 Å². The zero-order chi connectivity index (χ0) is 11.3. The fourth-order valence-corrected chi connectivity index (χ4v) is 2.22. The molecule has 0 saturated carbocycles. The summed E-state index contributed by atoms with van der Waals surface area (Å²) in [6.07, 6.45) is 2.08. The first-order valence-corrected chi connectivity index (χ1v) is 6.09. The summed E-state index contributed by atoms with van der Waals surface area (Å²) in [7, 11) is 0. The maximum absolute atomic E-state index is 12.3. The Labute approximate surface area is 97.2 Å². The van der Waals surface area contributed by atoms with Crippen molar-refractivity contribution in [3.05, 3.63) is 0 Å². The first kappa shape index (κ1) is 13.0. The highest BCUT2D eigenvalue weighted by Gasteiger charge is 2.19. The summed E-state index contributed by atoms with van der Waals surface area (Å²) in [5.41, 5.74) is 0. The van der Waals surface area contributed by atoms with Crippen molar-refractivity contribution in [1.82, 2.24) is 10.2 Å². The lowest BCUT2D eigenvalue weighted by Crippen LogP contribution is -2.36. The minimum Gasteiger partial charge on any atom is -0.309 e. The summed E-state index contributed by atoms with van der Waals surface area (Å²) < 4.78 is 12.3. The molecule has 1 fully saturated rings. The highest BCUT2D eigenvalue weighted by atomic mass is 32.1. The van der Waals surface area contributed by atoms with Gasteiger partial charge in [-0.05, 0) is 33.2 Å². The SMILES string of the molecule is CC(C)N(CCF)CCC1CC(=S)CN1. The first-order valence-electron chi connectivity index (χ1n) is 5.68. The lowest BCUT2D eigenvalue weighted by Gasteiger charge is -2.26. The third-order valence-electron chi connectivity index (χ3n) is 2.93. The van der Waals surface area contributed by atoms with E-state index in [1.165, 1.54) is 0 Å². The Morgan fingerprint density at radius 3 is 2.73 bits per heavy atom. The minimum atomic E-state index is -0.255. The number of thiocarbonyl (C=S) groups is 1. The molecule has 1 aliphatic rings. The van der Waals surface area contributed by atoms with Crippen molar-refractivity contribution in [1.29, 1.82) is 0 Å². The van der Waals surface area contributed by atoms with Crippen molar-refractivity contribution >= 4 is 17.1 Å². The molecule has 0 radical (unpaired) electrons. The molecular weight excluding hydrogens is 211 g/mol. The van der Waals surface area contributed by atoms with E-state index in [9.17, 15) is 4.39 Å². The number of rotatable bonds is 6. The van der Waals surface area contributed by atoms with Crippen LogP contribution in [0, 0.1) is 0 Å². The lowest BCUT2D eigenvalue weighted by atomic mass is 10.1. The topological polar surface area (TPSA) is 15.3 Å². The minimum absolute atomic E-state index is 0.255. The summed E-state index contributed by atoms with van der Waals surface area (Å²) in [5, 5.41) is 3.38. The second-order valence-electron chi connectivity index (χ2n) is 4.43. The fraction of sp³-hybridized carbons (Fsp3) is 0.909. The molecule has 0 bridgehead atoms. The average Bonchev–Trinajstić information content (AvgIpc) is 2.58. The van der Waals surface area contributed by atoms with E-state index < -0.39 is 0 Å².